The van der Waals surface area contributed by atoms with Gasteiger partial charge in [-0.05, 0) is 44.1 Å². The molecule has 0 aliphatic rings. The van der Waals surface area contributed by atoms with Crippen molar-refractivity contribution >= 4 is 11.8 Å². The second-order valence-corrected chi connectivity index (χ2v) is 6.37. The molecule has 0 aliphatic heterocycles. The van der Waals surface area contributed by atoms with Crippen LogP contribution in [0.15, 0.2) is 28.8 Å². The van der Waals surface area contributed by atoms with E-state index in [0.717, 1.165) is 30.0 Å². The van der Waals surface area contributed by atoms with Crippen molar-refractivity contribution in [3.63, 3.8) is 0 Å². The highest BCUT2D eigenvalue weighted by Gasteiger charge is 2.05. The van der Waals surface area contributed by atoms with Crippen LogP contribution < -0.4 is 5.32 Å². The topological polar surface area (TPSA) is 63.6 Å². The first kappa shape index (κ1) is 15.9. The minimum Gasteiger partial charge on any atom is -0.312 e. The summed E-state index contributed by atoms with van der Waals surface area (Å²) in [6, 6.07) is 1.95. The maximum absolute atomic E-state index is 4.38. The lowest BCUT2D eigenvalue weighted by molar-refractivity contribution is 0.550. The smallest absolute Gasteiger partial charge is 0.195 e. The Hall–Kier alpha value is -1.53. The normalized spacial score (nSPS) is 11.1. The number of hydrogen-bond acceptors (Lipinski definition) is 6. The molecule has 0 spiro atoms. The van der Waals surface area contributed by atoms with Crippen LogP contribution in [-0.2, 0) is 6.54 Å². The zero-order valence-electron chi connectivity index (χ0n) is 12.9. The van der Waals surface area contributed by atoms with Crippen molar-refractivity contribution < 1.29 is 0 Å². The van der Waals surface area contributed by atoms with E-state index in [-0.39, 0.29) is 0 Å². The molecular weight excluding hydrogens is 282 g/mol. The van der Waals surface area contributed by atoms with Gasteiger partial charge in [0.25, 0.3) is 0 Å². The van der Waals surface area contributed by atoms with Crippen molar-refractivity contribution in [1.82, 2.24) is 25.3 Å². The molecule has 0 saturated carbocycles. The molecule has 0 amide bonds. The summed E-state index contributed by atoms with van der Waals surface area (Å²) in [7, 11) is 0. The highest BCUT2D eigenvalue weighted by atomic mass is 32.2. The Labute approximate surface area is 130 Å². The largest absolute Gasteiger partial charge is 0.312 e. The van der Waals surface area contributed by atoms with Crippen LogP contribution in [0.2, 0.25) is 0 Å². The van der Waals surface area contributed by atoms with Gasteiger partial charge in [-0.25, -0.2) is 19.9 Å². The molecule has 0 radical (unpaired) electrons. The number of aromatic nitrogens is 4. The molecule has 0 saturated heterocycles. The van der Waals surface area contributed by atoms with Crippen LogP contribution in [-0.4, -0.2) is 26.5 Å². The Balaban J connectivity index is 1.95. The van der Waals surface area contributed by atoms with Gasteiger partial charge in [0.2, 0.25) is 0 Å². The van der Waals surface area contributed by atoms with Crippen LogP contribution in [0.25, 0.3) is 0 Å². The van der Waals surface area contributed by atoms with Crippen LogP contribution in [0.1, 0.15) is 30.8 Å². The van der Waals surface area contributed by atoms with Crippen molar-refractivity contribution in [3.05, 3.63) is 35.4 Å². The summed E-state index contributed by atoms with van der Waals surface area (Å²) in [4.78, 5) is 17.5. The molecule has 2 rings (SSSR count). The van der Waals surface area contributed by atoms with Crippen molar-refractivity contribution in [2.24, 2.45) is 5.92 Å². The minimum atomic E-state index is 0.641. The molecule has 0 unspecified atom stereocenters. The number of rotatable bonds is 6. The van der Waals surface area contributed by atoms with Gasteiger partial charge in [0.1, 0.15) is 0 Å². The fourth-order valence-electron chi connectivity index (χ4n) is 1.81. The monoisotopic (exact) mass is 303 g/mol. The molecule has 0 aromatic carbocycles. The fraction of sp³-hybridized carbons (Fsp3) is 0.467. The predicted molar refractivity (Wildman–Crippen MR) is 84.2 cm³/mol. The van der Waals surface area contributed by atoms with Gasteiger partial charge < -0.3 is 5.32 Å². The predicted octanol–water partition coefficient (Wildman–Crippen LogP) is 2.78. The van der Waals surface area contributed by atoms with Crippen LogP contribution in [0.5, 0.6) is 0 Å². The Morgan fingerprint density at radius 1 is 1.05 bits per heavy atom. The van der Waals surface area contributed by atoms with E-state index in [2.05, 4.69) is 39.1 Å². The van der Waals surface area contributed by atoms with Gasteiger partial charge >= 0.3 is 0 Å². The lowest BCUT2D eigenvalue weighted by Crippen LogP contribution is -2.19. The van der Waals surface area contributed by atoms with Crippen molar-refractivity contribution in [2.75, 3.05) is 6.54 Å². The molecule has 1 N–H and O–H groups in total. The van der Waals surface area contributed by atoms with E-state index < -0.39 is 0 Å². The summed E-state index contributed by atoms with van der Waals surface area (Å²) in [5.41, 5.74) is 3.00. The van der Waals surface area contributed by atoms with Gasteiger partial charge in [-0.15, -0.1) is 0 Å². The Morgan fingerprint density at radius 3 is 2.24 bits per heavy atom. The number of nitrogens with one attached hydrogen (secondary N) is 1. The van der Waals surface area contributed by atoms with E-state index in [9.17, 15) is 0 Å². The first-order valence-corrected chi connectivity index (χ1v) is 7.86. The van der Waals surface area contributed by atoms with Crippen LogP contribution in [0.3, 0.4) is 0 Å². The average Bonchev–Trinajstić information content (AvgIpc) is 2.39. The first-order chi connectivity index (χ1) is 10.0. The highest BCUT2D eigenvalue weighted by molar-refractivity contribution is 7.99. The third-order valence-corrected chi connectivity index (χ3v) is 3.47. The van der Waals surface area contributed by atoms with Crippen LogP contribution in [0, 0.1) is 19.8 Å². The summed E-state index contributed by atoms with van der Waals surface area (Å²) < 4.78 is 0. The molecule has 2 aromatic heterocycles. The van der Waals surface area contributed by atoms with E-state index in [1.807, 2.05) is 32.3 Å². The summed E-state index contributed by atoms with van der Waals surface area (Å²) in [5.74, 6) is 0.641. The van der Waals surface area contributed by atoms with Gasteiger partial charge in [-0.3, -0.25) is 0 Å². The molecule has 0 bridgehead atoms. The molecule has 0 aliphatic carbocycles. The molecule has 6 heteroatoms. The second kappa shape index (κ2) is 7.47. The molecular formula is C15H21N5S. The zero-order chi connectivity index (χ0) is 15.2. The second-order valence-electron chi connectivity index (χ2n) is 5.43. The standard InChI is InChI=1S/C15H21N5S/c1-10(2)6-16-7-13-8-17-14(18-9-13)21-15-19-11(3)5-12(4)20-15/h5,8-10,16H,6-7H2,1-4H3. The molecule has 2 heterocycles. The van der Waals surface area contributed by atoms with E-state index in [4.69, 9.17) is 0 Å². The molecule has 5 nitrogen and oxygen atoms in total. The fourth-order valence-corrected chi connectivity index (χ4v) is 2.57. The lowest BCUT2D eigenvalue weighted by Gasteiger charge is -2.07. The molecule has 112 valence electrons. The van der Waals surface area contributed by atoms with Gasteiger partial charge in [0, 0.05) is 35.9 Å². The molecule has 2 aromatic rings. The summed E-state index contributed by atoms with van der Waals surface area (Å²) in [6.45, 7) is 10.1. The van der Waals surface area contributed by atoms with Crippen LogP contribution >= 0.6 is 11.8 Å². The van der Waals surface area contributed by atoms with Crippen molar-refractivity contribution in [3.8, 4) is 0 Å². The zero-order valence-corrected chi connectivity index (χ0v) is 13.7. The van der Waals surface area contributed by atoms with Gasteiger partial charge in [-0.2, -0.15) is 0 Å². The molecule has 21 heavy (non-hydrogen) atoms. The Bertz CT molecular complexity index is 563. The Kier molecular flexibility index (Phi) is 5.64. The van der Waals surface area contributed by atoms with Crippen LogP contribution in [0.4, 0.5) is 0 Å². The van der Waals surface area contributed by atoms with Crippen molar-refractivity contribution in [2.45, 2.75) is 44.6 Å². The Morgan fingerprint density at radius 2 is 1.67 bits per heavy atom. The summed E-state index contributed by atoms with van der Waals surface area (Å²) in [6.07, 6.45) is 3.70. The van der Waals surface area contributed by atoms with Gasteiger partial charge in [0.05, 0.1) is 0 Å². The highest BCUT2D eigenvalue weighted by Crippen LogP contribution is 2.20. The number of aryl methyl sites for hydroxylation is 2. The van der Waals surface area contributed by atoms with Crippen molar-refractivity contribution in [1.29, 1.82) is 0 Å². The van der Waals surface area contributed by atoms with E-state index in [1.54, 1.807) is 0 Å². The summed E-state index contributed by atoms with van der Waals surface area (Å²) >= 11 is 1.39. The lowest BCUT2D eigenvalue weighted by atomic mass is 10.2. The average molecular weight is 303 g/mol. The quantitative estimate of drug-likeness (QED) is 0.828. The van der Waals surface area contributed by atoms with Gasteiger partial charge in [-0.1, -0.05) is 13.8 Å². The van der Waals surface area contributed by atoms with E-state index in [1.165, 1.54) is 11.8 Å². The molecule has 0 fully saturated rings. The molecule has 0 atom stereocenters. The third kappa shape index (κ3) is 5.40. The maximum atomic E-state index is 4.38. The van der Waals surface area contributed by atoms with E-state index in [0.29, 0.717) is 16.2 Å². The first-order valence-electron chi connectivity index (χ1n) is 7.04. The number of hydrogen-bond donors (Lipinski definition) is 1. The minimum absolute atomic E-state index is 0.641. The SMILES string of the molecule is Cc1cc(C)nc(Sc2ncc(CNCC(C)C)cn2)n1. The maximum Gasteiger partial charge on any atom is 0.195 e. The third-order valence-electron chi connectivity index (χ3n) is 2.71. The van der Waals surface area contributed by atoms with Gasteiger partial charge in [0.15, 0.2) is 10.3 Å². The number of nitrogens with zero attached hydrogens (tertiary/aromatic N) is 4. The van der Waals surface area contributed by atoms with E-state index >= 15 is 0 Å². The summed E-state index contributed by atoms with van der Waals surface area (Å²) in [5, 5.41) is 4.74.